The van der Waals surface area contributed by atoms with E-state index in [0.717, 1.165) is 92.0 Å². The molecule has 1 aromatic carbocycles. The van der Waals surface area contributed by atoms with Gasteiger partial charge in [-0.05, 0) is 36.8 Å². The van der Waals surface area contributed by atoms with Gasteiger partial charge in [-0.15, -0.1) is 23.7 Å². The SMILES string of the molecule is Cc1c(S(=O)(=O)NCP(=O)([O-])Oc2cccnc2)sc2cc(C#N)c(OCCC[N+]34CC[N+](CCCNC(=N)N)(CC3)CC4)cc12.Cl.[Cl-]. The summed E-state index contributed by atoms with van der Waals surface area (Å²) in [7, 11) is -8.81. The Bertz CT molecular complexity index is 1770. The van der Waals surface area contributed by atoms with Crippen LogP contribution in [0.25, 0.3) is 10.1 Å². The molecule has 0 spiro atoms. The van der Waals surface area contributed by atoms with Crippen molar-refractivity contribution < 1.29 is 48.5 Å². The summed E-state index contributed by atoms with van der Waals surface area (Å²) in [5.74, 6) is 0.403. The largest absolute Gasteiger partial charge is 1.00 e. The highest BCUT2D eigenvalue weighted by Gasteiger charge is 2.48. The minimum atomic E-state index is -4.60. The maximum Gasteiger partial charge on any atom is 0.250 e. The molecule has 0 aliphatic carbocycles. The molecule has 5 heterocycles. The lowest BCUT2D eigenvalue weighted by atomic mass is 10.1. The second-order valence-corrected chi connectivity index (χ2v) is 16.8. The zero-order valence-corrected chi connectivity index (χ0v) is 30.6. The third-order valence-corrected chi connectivity index (χ3v) is 13.5. The van der Waals surface area contributed by atoms with Gasteiger partial charge in [-0.3, -0.25) is 15.0 Å². The third-order valence-electron chi connectivity index (χ3n) is 8.99. The number of hydrogen-bond acceptors (Lipinski definition) is 10. The molecule has 3 aromatic rings. The number of fused-ring (bicyclic) bond motifs is 4. The van der Waals surface area contributed by atoms with Gasteiger partial charge in [-0.25, -0.2) is 13.1 Å². The summed E-state index contributed by atoms with van der Waals surface area (Å²) in [6.45, 7) is 11.8. The Labute approximate surface area is 297 Å². The van der Waals surface area contributed by atoms with Crippen molar-refractivity contribution in [1.82, 2.24) is 15.0 Å². The average molecular weight is 764 g/mol. The van der Waals surface area contributed by atoms with Crippen LogP contribution >= 0.6 is 31.3 Å². The van der Waals surface area contributed by atoms with E-state index in [0.29, 0.717) is 33.6 Å². The lowest BCUT2D eigenvalue weighted by Gasteiger charge is -2.55. The molecule has 14 nitrogen and oxygen atoms in total. The van der Waals surface area contributed by atoms with Crippen molar-refractivity contribution in [2.24, 2.45) is 5.73 Å². The number of thiophene rings is 1. The number of aromatic nitrogens is 1. The fraction of sp³-hybridized carbons (Fsp3) is 0.483. The number of piperazine rings is 3. The number of nitrogens with one attached hydrogen (secondary N) is 3. The second-order valence-electron chi connectivity index (χ2n) is 12.0. The van der Waals surface area contributed by atoms with E-state index in [9.17, 15) is 23.1 Å². The van der Waals surface area contributed by atoms with Crippen LogP contribution in [0.2, 0.25) is 0 Å². The van der Waals surface area contributed by atoms with E-state index in [-0.39, 0.29) is 40.7 Å². The molecule has 1 unspecified atom stereocenters. The lowest BCUT2D eigenvalue weighted by Crippen LogP contribution is -3.00. The van der Waals surface area contributed by atoms with Gasteiger partial charge in [0.05, 0.1) is 37.7 Å². The number of guanidine groups is 1. The van der Waals surface area contributed by atoms with Crippen LogP contribution in [0.5, 0.6) is 11.5 Å². The monoisotopic (exact) mass is 762 g/mol. The Hall–Kier alpha value is -2.71. The van der Waals surface area contributed by atoms with Crippen molar-refractivity contribution in [1.29, 1.82) is 10.7 Å². The summed E-state index contributed by atoms with van der Waals surface area (Å²) in [5, 5.41) is 20.7. The van der Waals surface area contributed by atoms with Gasteiger partial charge in [0.15, 0.2) is 13.6 Å². The van der Waals surface area contributed by atoms with E-state index in [1.54, 1.807) is 19.1 Å². The van der Waals surface area contributed by atoms with Gasteiger partial charge >= 0.3 is 0 Å². The van der Waals surface area contributed by atoms with E-state index >= 15 is 0 Å². The van der Waals surface area contributed by atoms with Crippen molar-refractivity contribution in [2.45, 2.75) is 24.0 Å². The maximum absolute atomic E-state index is 13.2. The number of benzene rings is 1. The minimum Gasteiger partial charge on any atom is -1.00 e. The number of rotatable bonds is 15. The number of nitrogens with two attached hydrogens (primary N) is 1. The Morgan fingerprint density at radius 2 is 1.83 bits per heavy atom. The standard InChI is InChI=1S/C29H40N8O6PS2.2ClH/c1-22-25-18-26(42-16-4-9-37-13-10-36(11-14-37,12-15-37)8-3-7-34-29(31)32)23(19-30)17-27(25)45-28(22)46(40,41)35-21-44(38,39)43-24-5-2-6-33-20-24;;/h2,5-6,17-18,20,35H,3-4,7-16,21H2,1H3,(H4-,31,32,34,38,39);2*1H/q+1;;/p-1. The van der Waals surface area contributed by atoms with Crippen LogP contribution in [-0.2, 0) is 14.6 Å². The maximum atomic E-state index is 13.2. The molecule has 1 atom stereocenters. The summed E-state index contributed by atoms with van der Waals surface area (Å²) >= 11 is 0.962. The molecule has 3 saturated heterocycles. The normalized spacial score (nSPS) is 21.3. The van der Waals surface area contributed by atoms with Gasteiger partial charge in [-0.2, -0.15) is 5.26 Å². The van der Waals surface area contributed by atoms with Crippen molar-refractivity contribution in [3.8, 4) is 17.6 Å². The summed E-state index contributed by atoms with van der Waals surface area (Å²) < 4.78 is 54.7. The quantitative estimate of drug-likeness (QED) is 0.0493. The number of nitrogens with zero attached hydrogens (tertiary/aromatic N) is 4. The highest BCUT2D eigenvalue weighted by atomic mass is 35.5. The van der Waals surface area contributed by atoms with Crippen LogP contribution in [0.4, 0.5) is 0 Å². The minimum absolute atomic E-state index is 0. The molecular formula is C29H41Cl2N8O6PS2. The van der Waals surface area contributed by atoms with Crippen LogP contribution in [0, 0.1) is 23.7 Å². The first-order valence-corrected chi connectivity index (χ1v) is 19.2. The van der Waals surface area contributed by atoms with E-state index in [1.165, 1.54) is 24.5 Å². The van der Waals surface area contributed by atoms with Crippen molar-refractivity contribution >= 4 is 57.4 Å². The van der Waals surface area contributed by atoms with Crippen LogP contribution < -0.4 is 42.3 Å². The Kier molecular flexibility index (Phi) is 13.5. The predicted octanol–water partition coefficient (Wildman–Crippen LogP) is -0.927. The molecule has 19 heteroatoms. The highest BCUT2D eigenvalue weighted by Crippen LogP contribution is 2.40. The molecular weight excluding hydrogens is 722 g/mol. The number of sulfonamides is 1. The molecule has 6 rings (SSSR count). The molecule has 0 radical (unpaired) electrons. The number of quaternary nitrogens is 2. The highest BCUT2D eigenvalue weighted by molar-refractivity contribution is 7.92. The first kappa shape index (κ1) is 39.7. The van der Waals surface area contributed by atoms with Gasteiger partial charge < -0.3 is 46.6 Å². The Morgan fingerprint density at radius 3 is 2.42 bits per heavy atom. The van der Waals surface area contributed by atoms with Crippen molar-refractivity contribution in [2.75, 3.05) is 71.8 Å². The first-order chi connectivity index (χ1) is 21.8. The van der Waals surface area contributed by atoms with E-state index in [2.05, 4.69) is 21.1 Å². The Morgan fingerprint density at radius 1 is 1.19 bits per heavy atom. The van der Waals surface area contributed by atoms with Gasteiger partial charge in [-0.1, -0.05) is 0 Å². The predicted molar refractivity (Wildman–Crippen MR) is 180 cm³/mol. The third kappa shape index (κ3) is 9.50. The van der Waals surface area contributed by atoms with Gasteiger partial charge in [0.25, 0.3) is 10.0 Å². The van der Waals surface area contributed by atoms with Crippen LogP contribution in [0.1, 0.15) is 24.0 Å². The number of halogens is 2. The Balaban J connectivity index is 0.00000312. The van der Waals surface area contributed by atoms with E-state index in [1.807, 2.05) is 0 Å². The van der Waals surface area contributed by atoms with Crippen LogP contribution in [0.15, 0.2) is 40.9 Å². The zero-order chi connectivity index (χ0) is 33.0. The molecule has 3 fully saturated rings. The average Bonchev–Trinajstić information content (AvgIpc) is 3.37. The van der Waals surface area contributed by atoms with Gasteiger partial charge in [0.2, 0.25) is 0 Å². The lowest BCUT2D eigenvalue weighted by molar-refractivity contribution is -1.08. The molecule has 48 heavy (non-hydrogen) atoms. The topological polar surface area (TPSA) is 203 Å². The molecule has 5 N–H and O–H groups in total. The summed E-state index contributed by atoms with van der Waals surface area (Å²) in [4.78, 5) is 16.2. The van der Waals surface area contributed by atoms with E-state index < -0.39 is 23.9 Å². The molecule has 2 bridgehead atoms. The van der Waals surface area contributed by atoms with Crippen LogP contribution in [-0.4, -0.2) is 100 Å². The van der Waals surface area contributed by atoms with Crippen molar-refractivity contribution in [3.63, 3.8) is 0 Å². The molecule has 2 aromatic heterocycles. The zero-order valence-electron chi connectivity index (χ0n) is 26.5. The first-order valence-electron chi connectivity index (χ1n) is 15.1. The van der Waals surface area contributed by atoms with Crippen molar-refractivity contribution in [3.05, 3.63) is 47.8 Å². The number of pyridine rings is 1. The molecule has 0 saturated carbocycles. The number of ether oxygens (including phenoxy) is 1. The fourth-order valence-corrected chi connectivity index (χ4v) is 10.6. The molecule has 3 aliphatic rings. The molecule has 3 aliphatic heterocycles. The number of aryl methyl sites for hydroxylation is 1. The second kappa shape index (κ2) is 16.3. The van der Waals surface area contributed by atoms with Crippen LogP contribution in [0.3, 0.4) is 0 Å². The van der Waals surface area contributed by atoms with Gasteiger partial charge in [0, 0.05) is 35.7 Å². The van der Waals surface area contributed by atoms with Gasteiger partial charge in [0.1, 0.15) is 61.0 Å². The number of nitriles is 1. The summed E-state index contributed by atoms with van der Waals surface area (Å²) in [6, 6.07) is 8.38. The summed E-state index contributed by atoms with van der Waals surface area (Å²) in [5.41, 5.74) is 6.14. The smallest absolute Gasteiger partial charge is 0.250 e. The summed E-state index contributed by atoms with van der Waals surface area (Å²) in [6.07, 6.45) is 3.56. The molecule has 0 amide bonds. The van der Waals surface area contributed by atoms with E-state index in [4.69, 9.17) is 20.4 Å². The fourth-order valence-electron chi connectivity index (χ4n) is 6.34. The molecule has 264 valence electrons. The number of hydrogen-bond donors (Lipinski definition) is 4.